The number of aromatic amines is 2. The van der Waals surface area contributed by atoms with Gasteiger partial charge in [0, 0.05) is 49.6 Å². The van der Waals surface area contributed by atoms with Crippen molar-refractivity contribution < 1.29 is 4.79 Å². The van der Waals surface area contributed by atoms with Crippen LogP contribution in [0.3, 0.4) is 0 Å². The minimum Gasteiger partial charge on any atom is -0.361 e. The molecule has 178 valence electrons. The lowest BCUT2D eigenvalue weighted by Gasteiger charge is -2.27. The van der Waals surface area contributed by atoms with Gasteiger partial charge in [0.2, 0.25) is 0 Å². The third kappa shape index (κ3) is 4.13. The highest BCUT2D eigenvalue weighted by Gasteiger charge is 2.33. The first-order valence-corrected chi connectivity index (χ1v) is 12.9. The number of allylic oxidation sites excluding steroid dienone is 8. The van der Waals surface area contributed by atoms with Gasteiger partial charge in [0.1, 0.15) is 0 Å². The molecule has 0 aromatic carbocycles. The SMILES string of the molecule is C=C(C)c1c(C)[nH]c(C(C2=CC(C)C3=C(C=CC(C)C=C3)S2)c2[nH]c(C)c(C(C)=O)c2C)c1C. The first-order valence-electron chi connectivity index (χ1n) is 12.1. The van der Waals surface area contributed by atoms with Gasteiger partial charge in [-0.1, -0.05) is 62.6 Å². The molecule has 3 nitrogen and oxygen atoms in total. The van der Waals surface area contributed by atoms with Crippen molar-refractivity contribution in [2.24, 2.45) is 11.8 Å². The number of aryl methyl sites for hydroxylation is 2. The number of nitrogens with one attached hydrogen (secondary N) is 2. The van der Waals surface area contributed by atoms with Crippen LogP contribution in [0.25, 0.3) is 5.57 Å². The molecule has 2 aromatic heterocycles. The highest BCUT2D eigenvalue weighted by atomic mass is 32.2. The highest BCUT2D eigenvalue weighted by Crippen LogP contribution is 2.50. The maximum atomic E-state index is 12.5. The Hall–Kier alpha value is -2.72. The standard InChI is InChI=1S/C30H36N2OS/c1-15(2)26-18(5)29(31-20(26)7)28(30-19(6)27(22(9)33)21(8)32-30)25-14-17(4)23-12-10-16(3)11-13-24(23)34-25/h10-14,16-17,28,31-32H,1H2,2-9H3. The van der Waals surface area contributed by atoms with E-state index < -0.39 is 0 Å². The average molecular weight is 473 g/mol. The number of ketones is 1. The smallest absolute Gasteiger partial charge is 0.161 e. The Kier molecular flexibility index (Phi) is 6.56. The fourth-order valence-corrected chi connectivity index (χ4v) is 6.98. The Balaban J connectivity index is 1.93. The summed E-state index contributed by atoms with van der Waals surface area (Å²) in [6, 6.07) is 0. The zero-order valence-corrected chi connectivity index (χ0v) is 22.5. The van der Waals surface area contributed by atoms with Gasteiger partial charge in [-0.05, 0) is 69.7 Å². The van der Waals surface area contributed by atoms with E-state index >= 15 is 0 Å². The van der Waals surface area contributed by atoms with Crippen LogP contribution in [0.15, 0.2) is 52.3 Å². The van der Waals surface area contributed by atoms with Crippen molar-refractivity contribution in [3.05, 3.63) is 97.4 Å². The molecule has 0 fully saturated rings. The largest absolute Gasteiger partial charge is 0.361 e. The molecule has 34 heavy (non-hydrogen) atoms. The Morgan fingerprint density at radius 2 is 1.50 bits per heavy atom. The van der Waals surface area contributed by atoms with Crippen LogP contribution in [-0.4, -0.2) is 15.8 Å². The van der Waals surface area contributed by atoms with E-state index in [4.69, 9.17) is 0 Å². The van der Waals surface area contributed by atoms with Crippen molar-refractivity contribution in [3.8, 4) is 0 Å². The third-order valence-electron chi connectivity index (χ3n) is 7.14. The van der Waals surface area contributed by atoms with Crippen LogP contribution in [0.5, 0.6) is 0 Å². The number of hydrogen-bond acceptors (Lipinski definition) is 2. The molecule has 4 rings (SSSR count). The molecule has 0 radical (unpaired) electrons. The Labute approximate surface area is 208 Å². The summed E-state index contributed by atoms with van der Waals surface area (Å²) in [5, 5.41) is 0. The maximum absolute atomic E-state index is 12.5. The van der Waals surface area contributed by atoms with Crippen LogP contribution in [0.1, 0.15) is 83.4 Å². The number of H-pyrrole nitrogens is 2. The highest BCUT2D eigenvalue weighted by molar-refractivity contribution is 8.07. The second kappa shape index (κ2) is 9.14. The van der Waals surface area contributed by atoms with Crippen molar-refractivity contribution in [3.63, 3.8) is 0 Å². The number of thioether (sulfide) groups is 1. The average Bonchev–Trinajstić information content (AvgIpc) is 3.11. The molecular weight excluding hydrogens is 436 g/mol. The van der Waals surface area contributed by atoms with Gasteiger partial charge in [0.25, 0.3) is 0 Å². The van der Waals surface area contributed by atoms with Gasteiger partial charge in [-0.3, -0.25) is 4.79 Å². The Morgan fingerprint density at radius 3 is 2.03 bits per heavy atom. The summed E-state index contributed by atoms with van der Waals surface area (Å²) in [6.07, 6.45) is 11.5. The maximum Gasteiger partial charge on any atom is 0.161 e. The summed E-state index contributed by atoms with van der Waals surface area (Å²) in [5.74, 6) is 0.821. The molecule has 3 atom stereocenters. The van der Waals surface area contributed by atoms with Crippen LogP contribution >= 0.6 is 11.8 Å². The topological polar surface area (TPSA) is 48.6 Å². The zero-order chi connectivity index (χ0) is 24.9. The molecule has 1 aliphatic carbocycles. The van der Waals surface area contributed by atoms with E-state index in [0.717, 1.165) is 33.8 Å². The second-order valence-corrected chi connectivity index (χ2v) is 11.1. The lowest BCUT2D eigenvalue weighted by molar-refractivity contribution is 0.101. The van der Waals surface area contributed by atoms with E-state index in [2.05, 4.69) is 88.5 Å². The summed E-state index contributed by atoms with van der Waals surface area (Å²) in [4.78, 5) is 22.4. The molecule has 0 spiro atoms. The minimum absolute atomic E-state index is 0.0156. The van der Waals surface area contributed by atoms with Crippen molar-refractivity contribution in [1.29, 1.82) is 0 Å². The number of carbonyl (C=O) groups excluding carboxylic acids is 1. The molecule has 3 heterocycles. The summed E-state index contributed by atoms with van der Waals surface area (Å²) >= 11 is 1.85. The van der Waals surface area contributed by atoms with Crippen LogP contribution in [0.4, 0.5) is 0 Å². The van der Waals surface area contributed by atoms with Gasteiger partial charge in [0.05, 0.1) is 5.92 Å². The van der Waals surface area contributed by atoms with Crippen LogP contribution < -0.4 is 0 Å². The van der Waals surface area contributed by atoms with Crippen LogP contribution in [0, 0.1) is 39.5 Å². The fourth-order valence-electron chi connectivity index (χ4n) is 5.58. The quantitative estimate of drug-likeness (QED) is 0.431. The minimum atomic E-state index is -0.0156. The fraction of sp³-hybridized carbons (Fsp3) is 0.367. The summed E-state index contributed by atoms with van der Waals surface area (Å²) < 4.78 is 0. The molecule has 1 aliphatic heterocycles. The van der Waals surface area contributed by atoms with E-state index in [1.807, 2.05) is 18.7 Å². The third-order valence-corrected chi connectivity index (χ3v) is 8.34. The number of Topliss-reactive ketones (excluding diaryl/α,β-unsaturated/α-hetero) is 1. The first kappa shape index (κ1) is 24.4. The lowest BCUT2D eigenvalue weighted by atomic mass is 9.89. The van der Waals surface area contributed by atoms with E-state index in [0.29, 0.717) is 11.8 Å². The summed E-state index contributed by atoms with van der Waals surface area (Å²) in [5.41, 5.74) is 11.1. The molecule has 2 N–H and O–H groups in total. The van der Waals surface area contributed by atoms with Crippen LogP contribution in [-0.2, 0) is 0 Å². The number of rotatable bonds is 5. The van der Waals surface area contributed by atoms with E-state index in [1.165, 1.54) is 32.2 Å². The normalized spacial score (nSPS) is 20.8. The molecule has 2 aromatic rings. The Bertz CT molecular complexity index is 1240. The summed E-state index contributed by atoms with van der Waals surface area (Å²) in [7, 11) is 0. The molecule has 4 heteroatoms. The number of carbonyl (C=O) groups is 1. The van der Waals surface area contributed by atoms with Gasteiger partial charge < -0.3 is 9.97 Å². The predicted octanol–water partition coefficient (Wildman–Crippen LogP) is 8.23. The lowest BCUT2D eigenvalue weighted by Crippen LogP contribution is -2.12. The van der Waals surface area contributed by atoms with Gasteiger partial charge in [0.15, 0.2) is 5.78 Å². The molecule has 0 bridgehead atoms. The molecule has 0 saturated heterocycles. The Morgan fingerprint density at radius 1 is 0.941 bits per heavy atom. The number of hydrogen-bond donors (Lipinski definition) is 2. The van der Waals surface area contributed by atoms with Gasteiger partial charge in [-0.2, -0.15) is 0 Å². The van der Waals surface area contributed by atoms with Gasteiger partial charge in [-0.15, -0.1) is 0 Å². The molecule has 2 aliphatic rings. The van der Waals surface area contributed by atoms with E-state index in [9.17, 15) is 4.79 Å². The van der Waals surface area contributed by atoms with E-state index in [-0.39, 0.29) is 11.7 Å². The monoisotopic (exact) mass is 472 g/mol. The van der Waals surface area contributed by atoms with Gasteiger partial charge >= 0.3 is 0 Å². The number of aromatic nitrogens is 2. The second-order valence-electron chi connectivity index (χ2n) is 9.95. The van der Waals surface area contributed by atoms with Crippen molar-refractivity contribution in [1.82, 2.24) is 9.97 Å². The first-order chi connectivity index (χ1) is 16.0. The van der Waals surface area contributed by atoms with E-state index in [1.54, 1.807) is 6.92 Å². The molecule has 3 unspecified atom stereocenters. The van der Waals surface area contributed by atoms with Crippen molar-refractivity contribution >= 4 is 23.1 Å². The molecular formula is C30H36N2OS. The van der Waals surface area contributed by atoms with Gasteiger partial charge in [-0.25, -0.2) is 0 Å². The predicted molar refractivity (Wildman–Crippen MR) is 146 cm³/mol. The molecule has 0 amide bonds. The van der Waals surface area contributed by atoms with Crippen LogP contribution in [0.2, 0.25) is 0 Å². The molecule has 0 saturated carbocycles. The summed E-state index contributed by atoms with van der Waals surface area (Å²) in [6.45, 7) is 20.8. The van der Waals surface area contributed by atoms with Crippen molar-refractivity contribution in [2.45, 2.75) is 61.3 Å². The van der Waals surface area contributed by atoms with Crippen molar-refractivity contribution in [2.75, 3.05) is 0 Å². The zero-order valence-electron chi connectivity index (χ0n) is 21.6.